The number of benzene rings is 2. The molecule has 0 aromatic heterocycles. The molecule has 0 unspecified atom stereocenters. The average Bonchev–Trinajstić information content (AvgIpc) is 2.79. The maximum absolute atomic E-state index is 12.8. The highest BCUT2D eigenvalue weighted by Gasteiger charge is 2.30. The molecule has 11 nitrogen and oxygen atoms in total. The number of nitrogens with zero attached hydrogens (tertiary/aromatic N) is 3. The number of methoxy groups -OCH3 is 2. The number of hydrogen-bond donors (Lipinski definition) is 1. The number of sulfonamides is 1. The van der Waals surface area contributed by atoms with E-state index in [1.807, 2.05) is 4.90 Å². The summed E-state index contributed by atoms with van der Waals surface area (Å²) in [4.78, 5) is 24.4. The molecule has 0 atom stereocenters. The lowest BCUT2D eigenvalue weighted by molar-refractivity contribution is -0.385. The largest absolute Gasteiger partial charge is 0.493 e. The van der Waals surface area contributed by atoms with E-state index in [1.165, 1.54) is 36.7 Å². The Hall–Kier alpha value is -3.22. The van der Waals surface area contributed by atoms with E-state index in [9.17, 15) is 23.3 Å². The van der Waals surface area contributed by atoms with Gasteiger partial charge in [0.2, 0.25) is 15.9 Å². The zero-order chi connectivity index (χ0) is 23.3. The summed E-state index contributed by atoms with van der Waals surface area (Å²) >= 11 is 0. The second-order valence-corrected chi connectivity index (χ2v) is 8.99. The number of ether oxygens (including phenoxy) is 2. The first-order valence-corrected chi connectivity index (χ1v) is 11.2. The Labute approximate surface area is 185 Å². The number of non-ortho nitro benzene ring substituents is 1. The molecular weight excluding hydrogens is 440 g/mol. The van der Waals surface area contributed by atoms with Gasteiger partial charge in [-0.05, 0) is 18.2 Å². The first-order chi connectivity index (χ1) is 15.2. The van der Waals surface area contributed by atoms with Gasteiger partial charge in [0.25, 0.3) is 5.69 Å². The Balaban J connectivity index is 1.57. The van der Waals surface area contributed by atoms with Crippen LogP contribution in [0.15, 0.2) is 47.4 Å². The summed E-state index contributed by atoms with van der Waals surface area (Å²) in [7, 11) is -0.830. The predicted octanol–water partition coefficient (Wildman–Crippen LogP) is 1.56. The average molecular weight is 465 g/mol. The highest BCUT2D eigenvalue weighted by molar-refractivity contribution is 7.89. The fraction of sp³-hybridized carbons (Fsp3) is 0.350. The fourth-order valence-electron chi connectivity index (χ4n) is 3.35. The molecule has 0 aliphatic carbocycles. The zero-order valence-electron chi connectivity index (χ0n) is 17.7. The molecule has 32 heavy (non-hydrogen) atoms. The van der Waals surface area contributed by atoms with Gasteiger partial charge in [0.15, 0.2) is 11.5 Å². The molecule has 0 bridgehead atoms. The standard InChI is InChI=1S/C20H24N4O7S/c1-30-18-7-6-15(12-19(18)31-2)21-20(25)14-22-8-10-23(11-9-22)32(28,29)17-5-3-4-16(13-17)24(26)27/h3-7,12-13H,8-11,14H2,1-2H3,(H,21,25). The van der Waals surface area contributed by atoms with Crippen LogP contribution in [0.5, 0.6) is 11.5 Å². The lowest BCUT2D eigenvalue weighted by atomic mass is 10.2. The number of rotatable bonds is 8. The third-order valence-electron chi connectivity index (χ3n) is 5.03. The minimum Gasteiger partial charge on any atom is -0.493 e. The number of carbonyl (C=O) groups excluding carboxylic acids is 1. The molecule has 1 aliphatic heterocycles. The van der Waals surface area contributed by atoms with E-state index < -0.39 is 14.9 Å². The van der Waals surface area contributed by atoms with Crippen LogP contribution >= 0.6 is 0 Å². The molecule has 3 rings (SSSR count). The van der Waals surface area contributed by atoms with Crippen molar-refractivity contribution < 1.29 is 27.6 Å². The monoisotopic (exact) mass is 464 g/mol. The smallest absolute Gasteiger partial charge is 0.270 e. The third-order valence-corrected chi connectivity index (χ3v) is 6.93. The molecule has 1 N–H and O–H groups in total. The van der Waals surface area contributed by atoms with Gasteiger partial charge in [0, 0.05) is 50.1 Å². The molecule has 1 aliphatic rings. The molecule has 172 valence electrons. The van der Waals surface area contributed by atoms with Gasteiger partial charge in [-0.25, -0.2) is 8.42 Å². The number of piperazine rings is 1. The molecule has 12 heteroatoms. The van der Waals surface area contributed by atoms with Crippen LogP contribution in [-0.4, -0.2) is 75.4 Å². The minimum atomic E-state index is -3.86. The Morgan fingerprint density at radius 3 is 2.38 bits per heavy atom. The Bertz CT molecular complexity index is 1100. The van der Waals surface area contributed by atoms with Crippen molar-refractivity contribution in [3.63, 3.8) is 0 Å². The van der Waals surface area contributed by atoms with Gasteiger partial charge in [-0.1, -0.05) is 6.07 Å². The van der Waals surface area contributed by atoms with Crippen molar-refractivity contribution in [2.24, 2.45) is 0 Å². The van der Waals surface area contributed by atoms with Crippen molar-refractivity contribution in [2.75, 3.05) is 52.3 Å². The second kappa shape index (κ2) is 9.94. The number of nitro benzene ring substituents is 1. The van der Waals surface area contributed by atoms with E-state index in [0.29, 0.717) is 30.3 Å². The van der Waals surface area contributed by atoms with Crippen molar-refractivity contribution in [1.29, 1.82) is 0 Å². The molecule has 1 amide bonds. The van der Waals surface area contributed by atoms with Crippen LogP contribution in [0.25, 0.3) is 0 Å². The molecule has 1 heterocycles. The summed E-state index contributed by atoms with van der Waals surface area (Å²) in [5.74, 6) is 0.795. The van der Waals surface area contributed by atoms with Crippen LogP contribution in [0, 0.1) is 10.1 Å². The summed E-state index contributed by atoms with van der Waals surface area (Å²) in [5.41, 5.74) is 0.274. The number of amides is 1. The Morgan fingerprint density at radius 2 is 1.75 bits per heavy atom. The number of hydrogen-bond acceptors (Lipinski definition) is 8. The lowest BCUT2D eigenvalue weighted by Crippen LogP contribution is -2.50. The van der Waals surface area contributed by atoms with Gasteiger partial charge in [0.05, 0.1) is 30.6 Å². The molecule has 2 aromatic rings. The van der Waals surface area contributed by atoms with E-state index in [4.69, 9.17) is 9.47 Å². The summed E-state index contributed by atoms with van der Waals surface area (Å²) in [6.07, 6.45) is 0. The molecule has 1 fully saturated rings. The quantitative estimate of drug-likeness (QED) is 0.460. The first kappa shape index (κ1) is 23.4. The van der Waals surface area contributed by atoms with Crippen molar-refractivity contribution in [3.8, 4) is 11.5 Å². The number of anilines is 1. The van der Waals surface area contributed by atoms with Gasteiger partial charge >= 0.3 is 0 Å². The van der Waals surface area contributed by atoms with E-state index >= 15 is 0 Å². The van der Waals surface area contributed by atoms with Crippen LogP contribution < -0.4 is 14.8 Å². The topological polar surface area (TPSA) is 131 Å². The van der Waals surface area contributed by atoms with E-state index in [-0.39, 0.29) is 36.1 Å². The molecule has 0 radical (unpaired) electrons. The number of carbonyl (C=O) groups is 1. The van der Waals surface area contributed by atoms with Crippen LogP contribution in [0.1, 0.15) is 0 Å². The second-order valence-electron chi connectivity index (χ2n) is 7.05. The summed E-state index contributed by atoms with van der Waals surface area (Å²) in [5, 5.41) is 13.7. The Morgan fingerprint density at radius 1 is 1.06 bits per heavy atom. The molecular formula is C20H24N4O7S. The van der Waals surface area contributed by atoms with Crippen LogP contribution in [0.4, 0.5) is 11.4 Å². The van der Waals surface area contributed by atoms with Crippen molar-refractivity contribution in [3.05, 3.63) is 52.6 Å². The maximum Gasteiger partial charge on any atom is 0.270 e. The number of nitro groups is 1. The Kier molecular flexibility index (Phi) is 7.28. The van der Waals surface area contributed by atoms with E-state index in [2.05, 4.69) is 5.32 Å². The molecule has 1 saturated heterocycles. The van der Waals surface area contributed by atoms with Crippen LogP contribution in [-0.2, 0) is 14.8 Å². The summed E-state index contributed by atoms with van der Waals surface area (Å²) in [6.45, 7) is 1.16. The maximum atomic E-state index is 12.8. The van der Waals surface area contributed by atoms with Crippen molar-refractivity contribution >= 4 is 27.3 Å². The van der Waals surface area contributed by atoms with Gasteiger partial charge < -0.3 is 14.8 Å². The number of nitrogens with one attached hydrogen (secondary N) is 1. The normalized spacial score (nSPS) is 15.2. The molecule has 0 saturated carbocycles. The van der Waals surface area contributed by atoms with Gasteiger partial charge in [-0.2, -0.15) is 4.31 Å². The fourth-order valence-corrected chi connectivity index (χ4v) is 4.81. The summed E-state index contributed by atoms with van der Waals surface area (Å²) < 4.78 is 37.3. The third kappa shape index (κ3) is 5.33. The highest BCUT2D eigenvalue weighted by atomic mass is 32.2. The molecule has 0 spiro atoms. The van der Waals surface area contributed by atoms with Crippen molar-refractivity contribution in [2.45, 2.75) is 4.90 Å². The minimum absolute atomic E-state index is 0.0963. The SMILES string of the molecule is COc1ccc(NC(=O)CN2CCN(S(=O)(=O)c3cccc([N+](=O)[O-])c3)CC2)cc1OC. The summed E-state index contributed by atoms with van der Waals surface area (Å²) in [6, 6.07) is 10.0. The van der Waals surface area contributed by atoms with Crippen molar-refractivity contribution in [1.82, 2.24) is 9.21 Å². The molecule has 2 aromatic carbocycles. The van der Waals surface area contributed by atoms with Crippen LogP contribution in [0.3, 0.4) is 0 Å². The zero-order valence-corrected chi connectivity index (χ0v) is 18.5. The first-order valence-electron chi connectivity index (χ1n) is 9.73. The van der Waals surface area contributed by atoms with Gasteiger partial charge in [-0.3, -0.25) is 19.8 Å². The highest BCUT2D eigenvalue weighted by Crippen LogP contribution is 2.29. The van der Waals surface area contributed by atoms with Crippen LogP contribution in [0.2, 0.25) is 0 Å². The van der Waals surface area contributed by atoms with Gasteiger partial charge in [-0.15, -0.1) is 0 Å². The lowest BCUT2D eigenvalue weighted by Gasteiger charge is -2.33. The van der Waals surface area contributed by atoms with E-state index in [0.717, 1.165) is 6.07 Å². The van der Waals surface area contributed by atoms with Gasteiger partial charge in [0.1, 0.15) is 0 Å². The predicted molar refractivity (Wildman–Crippen MR) is 116 cm³/mol. The van der Waals surface area contributed by atoms with E-state index in [1.54, 1.807) is 18.2 Å².